The number of para-hydroxylation sites is 1. The van der Waals surface area contributed by atoms with Gasteiger partial charge in [-0.1, -0.05) is 6.07 Å². The van der Waals surface area contributed by atoms with Gasteiger partial charge in [-0.25, -0.2) is 4.79 Å². The van der Waals surface area contributed by atoms with Crippen molar-refractivity contribution in [1.29, 1.82) is 0 Å². The van der Waals surface area contributed by atoms with Gasteiger partial charge in [-0.3, -0.25) is 10.1 Å². The number of nitro groups is 1. The van der Waals surface area contributed by atoms with Crippen LogP contribution in [0.25, 0.3) is 0 Å². The topological polar surface area (TPSA) is 92.9 Å². The molecule has 1 heterocycles. The van der Waals surface area contributed by atoms with Crippen molar-refractivity contribution >= 4 is 17.3 Å². The van der Waals surface area contributed by atoms with Crippen LogP contribution in [0, 0.1) is 10.1 Å². The summed E-state index contributed by atoms with van der Waals surface area (Å²) in [4.78, 5) is 24.0. The van der Waals surface area contributed by atoms with Crippen molar-refractivity contribution in [2.24, 2.45) is 0 Å². The minimum Gasteiger partial charge on any atom is -0.487 e. The molecule has 1 aliphatic rings. The highest BCUT2D eigenvalue weighted by Gasteiger charge is 2.46. The van der Waals surface area contributed by atoms with Crippen LogP contribution in [-0.2, 0) is 4.79 Å². The molecule has 0 amide bonds. The van der Waals surface area contributed by atoms with Gasteiger partial charge in [-0.2, -0.15) is 0 Å². The molecule has 0 aromatic heterocycles. The molecule has 2 rings (SSSR count). The van der Waals surface area contributed by atoms with Gasteiger partial charge >= 0.3 is 11.7 Å². The summed E-state index contributed by atoms with van der Waals surface area (Å²) in [6.45, 7) is 4.12. The molecule has 1 saturated heterocycles. The number of anilines is 1. The Hall–Kier alpha value is -2.31. The molecule has 114 valence electrons. The molecule has 1 aromatic rings. The highest BCUT2D eigenvalue weighted by atomic mass is 16.6. The Bertz CT molecular complexity index is 574. The van der Waals surface area contributed by atoms with Crippen LogP contribution in [0.2, 0.25) is 0 Å². The van der Waals surface area contributed by atoms with Crippen molar-refractivity contribution in [3.63, 3.8) is 0 Å². The van der Waals surface area contributed by atoms with Gasteiger partial charge < -0.3 is 14.7 Å². The first-order valence-electron chi connectivity index (χ1n) is 6.83. The van der Waals surface area contributed by atoms with Crippen LogP contribution in [0.4, 0.5) is 11.4 Å². The van der Waals surface area contributed by atoms with E-state index in [0.29, 0.717) is 31.7 Å². The van der Waals surface area contributed by atoms with E-state index >= 15 is 0 Å². The minimum atomic E-state index is -1.13. The van der Waals surface area contributed by atoms with E-state index in [2.05, 4.69) is 0 Å². The van der Waals surface area contributed by atoms with E-state index in [1.807, 2.05) is 0 Å². The van der Waals surface area contributed by atoms with E-state index in [-0.39, 0.29) is 11.4 Å². The summed E-state index contributed by atoms with van der Waals surface area (Å²) in [6, 6.07) is 4.75. The van der Waals surface area contributed by atoms with Crippen LogP contribution in [0.3, 0.4) is 0 Å². The van der Waals surface area contributed by atoms with Gasteiger partial charge in [0.25, 0.3) is 0 Å². The maximum absolute atomic E-state index is 11.6. The van der Waals surface area contributed by atoms with Crippen LogP contribution >= 0.6 is 0 Å². The lowest BCUT2D eigenvalue weighted by Crippen LogP contribution is -2.48. The number of carboxylic acid groups (broad SMARTS) is 1. The first kappa shape index (κ1) is 15.1. The standard InChI is InChI=1S/C14H18N2O5/c1-3-21-11-7-4-6-10(12(11)16(19)20)15-9-5-8-14(15,2)13(17)18/h4,6-7H,3,5,8-9H2,1-2H3,(H,17,18). The van der Waals surface area contributed by atoms with Crippen LogP contribution in [0.5, 0.6) is 5.75 Å². The van der Waals surface area contributed by atoms with Crippen molar-refractivity contribution in [3.05, 3.63) is 28.3 Å². The Balaban J connectivity index is 2.55. The van der Waals surface area contributed by atoms with E-state index < -0.39 is 16.4 Å². The third-order valence-electron chi connectivity index (χ3n) is 3.85. The number of nitro benzene ring substituents is 1. The molecule has 0 bridgehead atoms. The lowest BCUT2D eigenvalue weighted by molar-refractivity contribution is -0.385. The van der Waals surface area contributed by atoms with E-state index in [4.69, 9.17) is 4.74 Å². The molecule has 1 aromatic carbocycles. The highest BCUT2D eigenvalue weighted by Crippen LogP contribution is 2.43. The number of benzene rings is 1. The normalized spacial score (nSPS) is 21.3. The number of nitrogens with zero attached hydrogens (tertiary/aromatic N) is 2. The molecule has 1 atom stereocenters. The first-order valence-corrected chi connectivity index (χ1v) is 6.83. The summed E-state index contributed by atoms with van der Waals surface area (Å²) in [6.07, 6.45) is 1.14. The molecule has 7 nitrogen and oxygen atoms in total. The number of hydrogen-bond acceptors (Lipinski definition) is 5. The van der Waals surface area contributed by atoms with Crippen LogP contribution in [0.15, 0.2) is 18.2 Å². The lowest BCUT2D eigenvalue weighted by Gasteiger charge is -2.32. The number of ether oxygens (including phenoxy) is 1. The maximum atomic E-state index is 11.6. The Morgan fingerprint density at radius 2 is 2.29 bits per heavy atom. The molecule has 21 heavy (non-hydrogen) atoms. The second-order valence-electron chi connectivity index (χ2n) is 5.15. The van der Waals surface area contributed by atoms with E-state index in [1.54, 1.807) is 30.9 Å². The Labute approximate surface area is 122 Å². The molecule has 1 fully saturated rings. The molecule has 0 radical (unpaired) electrons. The maximum Gasteiger partial charge on any atom is 0.333 e. The minimum absolute atomic E-state index is 0.166. The number of rotatable bonds is 5. The van der Waals surface area contributed by atoms with E-state index in [1.165, 1.54) is 6.07 Å². The van der Waals surface area contributed by atoms with Crippen molar-refractivity contribution in [1.82, 2.24) is 0 Å². The second-order valence-corrected chi connectivity index (χ2v) is 5.15. The molecule has 0 spiro atoms. The average molecular weight is 294 g/mol. The zero-order valence-corrected chi connectivity index (χ0v) is 12.0. The van der Waals surface area contributed by atoms with Gasteiger partial charge in [0, 0.05) is 6.54 Å². The molecule has 1 unspecified atom stereocenters. The van der Waals surface area contributed by atoms with Gasteiger partial charge in [-0.05, 0) is 38.8 Å². The van der Waals surface area contributed by atoms with Gasteiger partial charge in [0.1, 0.15) is 11.2 Å². The van der Waals surface area contributed by atoms with Crippen LogP contribution in [0.1, 0.15) is 26.7 Å². The van der Waals surface area contributed by atoms with E-state index in [9.17, 15) is 20.0 Å². The summed E-state index contributed by atoms with van der Waals surface area (Å²) >= 11 is 0. The fourth-order valence-corrected chi connectivity index (χ4v) is 2.76. The van der Waals surface area contributed by atoms with Crippen molar-refractivity contribution < 1.29 is 19.6 Å². The summed E-state index contributed by atoms with van der Waals surface area (Å²) in [5.74, 6) is -0.809. The first-order chi connectivity index (χ1) is 9.91. The van der Waals surface area contributed by atoms with E-state index in [0.717, 1.165) is 0 Å². The lowest BCUT2D eigenvalue weighted by atomic mass is 9.98. The monoisotopic (exact) mass is 294 g/mol. The SMILES string of the molecule is CCOc1cccc(N2CCCC2(C)C(=O)O)c1[N+](=O)[O-]. The highest BCUT2D eigenvalue weighted by molar-refractivity contribution is 5.86. The molecule has 1 N–H and O–H groups in total. The Morgan fingerprint density at radius 3 is 2.86 bits per heavy atom. The number of aliphatic carboxylic acids is 1. The Morgan fingerprint density at radius 1 is 1.57 bits per heavy atom. The molecule has 7 heteroatoms. The third kappa shape index (κ3) is 2.51. The van der Waals surface area contributed by atoms with Crippen molar-refractivity contribution in [2.75, 3.05) is 18.1 Å². The summed E-state index contributed by atoms with van der Waals surface area (Å²) < 4.78 is 5.31. The Kier molecular flexibility index (Phi) is 4.02. The van der Waals surface area contributed by atoms with Crippen LogP contribution < -0.4 is 9.64 Å². The predicted octanol–water partition coefficient (Wildman–Crippen LogP) is 2.44. The number of hydrogen-bond donors (Lipinski definition) is 1. The van der Waals surface area contributed by atoms with Crippen molar-refractivity contribution in [2.45, 2.75) is 32.2 Å². The van der Waals surface area contributed by atoms with Gasteiger partial charge in [0.05, 0.1) is 11.5 Å². The zero-order valence-electron chi connectivity index (χ0n) is 12.0. The molecule has 1 aliphatic heterocycles. The van der Waals surface area contributed by atoms with Crippen LogP contribution in [-0.4, -0.2) is 34.7 Å². The fraction of sp³-hybridized carbons (Fsp3) is 0.500. The van der Waals surface area contributed by atoms with Gasteiger partial charge in [0.2, 0.25) is 0 Å². The molecule has 0 saturated carbocycles. The quantitative estimate of drug-likeness (QED) is 0.662. The average Bonchev–Trinajstić information content (AvgIpc) is 2.82. The smallest absolute Gasteiger partial charge is 0.333 e. The molecular weight excluding hydrogens is 276 g/mol. The molecule has 0 aliphatic carbocycles. The fourth-order valence-electron chi connectivity index (χ4n) is 2.76. The molecular formula is C14H18N2O5. The van der Waals surface area contributed by atoms with Crippen molar-refractivity contribution in [3.8, 4) is 5.75 Å². The second kappa shape index (κ2) is 5.59. The predicted molar refractivity (Wildman–Crippen MR) is 76.9 cm³/mol. The summed E-state index contributed by atoms with van der Waals surface area (Å²) in [7, 11) is 0. The number of carboxylic acids is 1. The largest absolute Gasteiger partial charge is 0.487 e. The zero-order chi connectivity index (χ0) is 15.6. The number of carbonyl (C=O) groups is 1. The third-order valence-corrected chi connectivity index (χ3v) is 3.85. The summed E-state index contributed by atoms with van der Waals surface area (Å²) in [5.41, 5.74) is -1.00. The van der Waals surface area contributed by atoms with Gasteiger partial charge in [-0.15, -0.1) is 0 Å². The summed E-state index contributed by atoms with van der Waals surface area (Å²) in [5, 5.41) is 20.9. The van der Waals surface area contributed by atoms with Gasteiger partial charge in [0.15, 0.2) is 5.75 Å².